The van der Waals surface area contributed by atoms with Crippen molar-refractivity contribution in [2.24, 2.45) is 0 Å². The first-order valence-electron chi connectivity index (χ1n) is 5.67. The summed E-state index contributed by atoms with van der Waals surface area (Å²) >= 11 is 1.37. The maximum atomic E-state index is 11.5. The summed E-state index contributed by atoms with van der Waals surface area (Å²) < 4.78 is 0. The minimum Gasteiger partial charge on any atom is -0.351 e. The smallest absolute Gasteiger partial charge is 0.261 e. The van der Waals surface area contributed by atoms with Gasteiger partial charge in [0, 0.05) is 13.0 Å². The second kappa shape index (κ2) is 6.51. The zero-order valence-electron chi connectivity index (χ0n) is 10.8. The molecule has 1 aromatic heterocycles. The zero-order valence-corrected chi connectivity index (χ0v) is 11.6. The van der Waals surface area contributed by atoms with Gasteiger partial charge in [0.1, 0.15) is 0 Å². The van der Waals surface area contributed by atoms with Gasteiger partial charge in [-0.1, -0.05) is 6.07 Å². The molecule has 6 heteroatoms. The SMILES string of the molecule is CC(C)(C)ONC(=O)CCNC(=O)c1cccs1. The lowest BCUT2D eigenvalue weighted by Crippen LogP contribution is -2.35. The average Bonchev–Trinajstić information content (AvgIpc) is 2.78. The summed E-state index contributed by atoms with van der Waals surface area (Å²) in [7, 11) is 0. The molecule has 2 N–H and O–H groups in total. The molecule has 5 nitrogen and oxygen atoms in total. The van der Waals surface area contributed by atoms with Gasteiger partial charge in [-0.25, -0.2) is 5.48 Å². The molecule has 0 bridgehead atoms. The van der Waals surface area contributed by atoms with Crippen molar-refractivity contribution < 1.29 is 14.4 Å². The van der Waals surface area contributed by atoms with Crippen molar-refractivity contribution in [2.75, 3.05) is 6.54 Å². The zero-order chi connectivity index (χ0) is 13.6. The number of amides is 2. The molecule has 0 saturated heterocycles. The summed E-state index contributed by atoms with van der Waals surface area (Å²) in [6.45, 7) is 5.81. The molecule has 1 aromatic rings. The van der Waals surface area contributed by atoms with Crippen molar-refractivity contribution in [1.29, 1.82) is 0 Å². The maximum Gasteiger partial charge on any atom is 0.261 e. The minimum atomic E-state index is -0.421. The average molecular weight is 270 g/mol. The Labute approximate surface area is 110 Å². The molecule has 0 radical (unpaired) electrons. The van der Waals surface area contributed by atoms with Gasteiger partial charge in [-0.05, 0) is 32.2 Å². The van der Waals surface area contributed by atoms with E-state index in [0.717, 1.165) is 0 Å². The lowest BCUT2D eigenvalue weighted by Gasteiger charge is -2.18. The first-order chi connectivity index (χ1) is 8.38. The lowest BCUT2D eigenvalue weighted by molar-refractivity contribution is -0.145. The van der Waals surface area contributed by atoms with E-state index in [2.05, 4.69) is 10.8 Å². The van der Waals surface area contributed by atoms with Crippen LogP contribution in [0.1, 0.15) is 36.9 Å². The first kappa shape index (κ1) is 14.7. The maximum absolute atomic E-state index is 11.5. The van der Waals surface area contributed by atoms with E-state index in [4.69, 9.17) is 4.84 Å². The van der Waals surface area contributed by atoms with E-state index in [0.29, 0.717) is 4.88 Å². The van der Waals surface area contributed by atoms with Crippen molar-refractivity contribution in [1.82, 2.24) is 10.8 Å². The Bertz CT molecular complexity index is 396. The first-order valence-corrected chi connectivity index (χ1v) is 6.55. The Morgan fingerprint density at radius 2 is 2.11 bits per heavy atom. The minimum absolute atomic E-state index is 0.158. The Kier molecular flexibility index (Phi) is 5.30. The number of rotatable bonds is 5. The predicted molar refractivity (Wildman–Crippen MR) is 70.2 cm³/mol. The molecule has 2 amide bonds. The molecule has 0 saturated carbocycles. The standard InChI is InChI=1S/C12H18N2O3S/c1-12(2,3)17-14-10(15)6-7-13-11(16)9-5-4-8-18-9/h4-5,8H,6-7H2,1-3H3,(H,13,16)(H,14,15). The van der Waals surface area contributed by atoms with E-state index in [1.165, 1.54) is 11.3 Å². The third-order valence-electron chi connectivity index (χ3n) is 1.85. The molecule has 0 fully saturated rings. The van der Waals surface area contributed by atoms with Crippen LogP contribution in [0.25, 0.3) is 0 Å². The summed E-state index contributed by atoms with van der Waals surface area (Å²) in [5, 5.41) is 4.50. The fourth-order valence-electron chi connectivity index (χ4n) is 1.05. The molecular weight excluding hydrogens is 252 g/mol. The van der Waals surface area contributed by atoms with E-state index in [1.807, 2.05) is 32.2 Å². The van der Waals surface area contributed by atoms with Crippen molar-refractivity contribution >= 4 is 23.2 Å². The van der Waals surface area contributed by atoms with Crippen molar-refractivity contribution in [3.05, 3.63) is 22.4 Å². The van der Waals surface area contributed by atoms with Gasteiger partial charge in [0.25, 0.3) is 5.91 Å². The number of hydrogen-bond acceptors (Lipinski definition) is 4. The van der Waals surface area contributed by atoms with Crippen LogP contribution in [0.2, 0.25) is 0 Å². The Morgan fingerprint density at radius 1 is 1.39 bits per heavy atom. The van der Waals surface area contributed by atoms with Gasteiger partial charge in [-0.2, -0.15) is 0 Å². The van der Waals surface area contributed by atoms with Crippen LogP contribution in [0.15, 0.2) is 17.5 Å². The van der Waals surface area contributed by atoms with Gasteiger partial charge in [-0.3, -0.25) is 14.4 Å². The van der Waals surface area contributed by atoms with Crippen LogP contribution in [0.5, 0.6) is 0 Å². The topological polar surface area (TPSA) is 67.4 Å². The van der Waals surface area contributed by atoms with Crippen LogP contribution in [0, 0.1) is 0 Å². The normalized spacial score (nSPS) is 11.1. The van der Waals surface area contributed by atoms with Crippen LogP contribution in [0.3, 0.4) is 0 Å². The molecule has 1 rings (SSSR count). The Hall–Kier alpha value is -1.40. The quantitative estimate of drug-likeness (QED) is 0.800. The number of carbonyl (C=O) groups is 2. The Morgan fingerprint density at radius 3 is 2.67 bits per heavy atom. The largest absolute Gasteiger partial charge is 0.351 e. The summed E-state index contributed by atoms with van der Waals surface area (Å²) in [6, 6.07) is 3.55. The number of thiophene rings is 1. The number of hydrogen-bond donors (Lipinski definition) is 2. The molecule has 0 unspecified atom stereocenters. The van der Waals surface area contributed by atoms with E-state index < -0.39 is 5.60 Å². The number of hydroxylamine groups is 1. The molecule has 0 aliphatic rings. The summed E-state index contributed by atoms with van der Waals surface area (Å²) in [4.78, 5) is 28.7. The van der Waals surface area contributed by atoms with Crippen molar-refractivity contribution in [2.45, 2.75) is 32.8 Å². The highest BCUT2D eigenvalue weighted by atomic mass is 32.1. The van der Waals surface area contributed by atoms with E-state index in [-0.39, 0.29) is 24.8 Å². The van der Waals surface area contributed by atoms with Gasteiger partial charge in [0.2, 0.25) is 5.91 Å². The molecule has 1 heterocycles. The number of nitrogens with one attached hydrogen (secondary N) is 2. The summed E-state index contributed by atoms with van der Waals surface area (Å²) in [6.07, 6.45) is 0.188. The van der Waals surface area contributed by atoms with Crippen LogP contribution in [0.4, 0.5) is 0 Å². The third kappa shape index (κ3) is 5.79. The molecule has 0 aromatic carbocycles. The highest BCUT2D eigenvalue weighted by molar-refractivity contribution is 7.12. The van der Waals surface area contributed by atoms with Gasteiger partial charge >= 0.3 is 0 Å². The van der Waals surface area contributed by atoms with Crippen LogP contribution in [-0.2, 0) is 9.63 Å². The molecular formula is C12H18N2O3S. The van der Waals surface area contributed by atoms with E-state index in [9.17, 15) is 9.59 Å². The fraction of sp³-hybridized carbons (Fsp3) is 0.500. The van der Waals surface area contributed by atoms with Gasteiger partial charge < -0.3 is 5.32 Å². The van der Waals surface area contributed by atoms with E-state index >= 15 is 0 Å². The fourth-order valence-corrected chi connectivity index (χ4v) is 1.69. The molecule has 0 spiro atoms. The van der Waals surface area contributed by atoms with Crippen molar-refractivity contribution in [3.8, 4) is 0 Å². The monoisotopic (exact) mass is 270 g/mol. The summed E-state index contributed by atoms with van der Waals surface area (Å²) in [5.74, 6) is -0.411. The van der Waals surface area contributed by atoms with Crippen LogP contribution >= 0.6 is 11.3 Å². The van der Waals surface area contributed by atoms with E-state index in [1.54, 1.807) is 6.07 Å². The predicted octanol–water partition coefficient (Wildman–Crippen LogP) is 1.71. The Balaban J connectivity index is 2.18. The van der Waals surface area contributed by atoms with Gasteiger partial charge in [-0.15, -0.1) is 11.3 Å². The van der Waals surface area contributed by atoms with Crippen LogP contribution < -0.4 is 10.8 Å². The highest BCUT2D eigenvalue weighted by Crippen LogP contribution is 2.07. The molecule has 0 aliphatic carbocycles. The second-order valence-electron chi connectivity index (χ2n) is 4.72. The molecule has 18 heavy (non-hydrogen) atoms. The summed E-state index contributed by atoms with van der Waals surface area (Å²) in [5.41, 5.74) is 1.92. The van der Waals surface area contributed by atoms with Gasteiger partial charge in [0.05, 0.1) is 10.5 Å². The van der Waals surface area contributed by atoms with Gasteiger partial charge in [0.15, 0.2) is 0 Å². The van der Waals surface area contributed by atoms with Crippen LogP contribution in [-0.4, -0.2) is 24.0 Å². The number of carbonyl (C=O) groups excluding carboxylic acids is 2. The molecule has 100 valence electrons. The van der Waals surface area contributed by atoms with Crippen molar-refractivity contribution in [3.63, 3.8) is 0 Å². The molecule has 0 aliphatic heterocycles. The molecule has 0 atom stereocenters. The lowest BCUT2D eigenvalue weighted by atomic mass is 10.2. The second-order valence-corrected chi connectivity index (χ2v) is 5.67. The third-order valence-corrected chi connectivity index (χ3v) is 2.72. The highest BCUT2D eigenvalue weighted by Gasteiger charge is 2.13.